The van der Waals surface area contributed by atoms with E-state index in [1.165, 1.54) is 89.9 Å². The van der Waals surface area contributed by atoms with Gasteiger partial charge in [-0.1, -0.05) is 96.8 Å². The first-order valence-electron chi connectivity index (χ1n) is 9.11. The summed E-state index contributed by atoms with van der Waals surface area (Å²) in [7, 11) is 0. The van der Waals surface area contributed by atoms with Crippen LogP contribution in [0.3, 0.4) is 0 Å². The first-order chi connectivity index (χ1) is 9.81. The van der Waals surface area contributed by atoms with Gasteiger partial charge in [-0.05, 0) is 13.3 Å². The molecule has 0 aliphatic carbocycles. The average molecular weight is 286 g/mol. The monoisotopic (exact) mass is 286 g/mol. The highest BCUT2D eigenvalue weighted by Crippen LogP contribution is 2.13. The number of rotatable bonds is 16. The maximum Gasteiger partial charge on any atom is 0.0899 e. The molecule has 0 aromatic rings. The Balaban J connectivity index is 2.96. The summed E-state index contributed by atoms with van der Waals surface area (Å²) in [5, 5.41) is 8.44. The summed E-state index contributed by atoms with van der Waals surface area (Å²) >= 11 is 0. The van der Waals surface area contributed by atoms with Crippen molar-refractivity contribution in [3.8, 4) is 0 Å². The van der Waals surface area contributed by atoms with Gasteiger partial charge in [0.25, 0.3) is 0 Å². The normalized spacial score (nSPS) is 12.8. The molecule has 0 aliphatic heterocycles. The van der Waals surface area contributed by atoms with E-state index in [4.69, 9.17) is 5.26 Å². The zero-order chi connectivity index (χ0) is 14.9. The number of hydrogen-bond donors (Lipinski definition) is 1. The molecule has 0 saturated heterocycles. The summed E-state index contributed by atoms with van der Waals surface area (Å²) < 4.78 is 0. The lowest BCUT2D eigenvalue weighted by molar-refractivity contribution is -0.275. The van der Waals surface area contributed by atoms with Crippen molar-refractivity contribution >= 4 is 0 Å². The van der Waals surface area contributed by atoms with Gasteiger partial charge in [0.1, 0.15) is 0 Å². The lowest BCUT2D eigenvalue weighted by Gasteiger charge is -2.06. The molecule has 0 aromatic carbocycles. The Hall–Kier alpha value is -0.0800. The van der Waals surface area contributed by atoms with Crippen LogP contribution in [0.5, 0.6) is 0 Å². The second-order valence-corrected chi connectivity index (χ2v) is 6.30. The maximum absolute atomic E-state index is 8.44. The van der Waals surface area contributed by atoms with E-state index in [1.807, 2.05) is 6.92 Å². The molecule has 0 bridgehead atoms. The minimum Gasteiger partial charge on any atom is -0.252 e. The lowest BCUT2D eigenvalue weighted by Crippen LogP contribution is -2.04. The van der Waals surface area contributed by atoms with E-state index >= 15 is 0 Å². The molecule has 1 N–H and O–H groups in total. The van der Waals surface area contributed by atoms with Crippen LogP contribution in [0.2, 0.25) is 0 Å². The minimum absolute atomic E-state index is 0.00678. The molecule has 0 spiro atoms. The smallest absolute Gasteiger partial charge is 0.0899 e. The molecule has 0 fully saturated rings. The van der Waals surface area contributed by atoms with E-state index in [2.05, 4.69) is 11.8 Å². The van der Waals surface area contributed by atoms with Crippen LogP contribution in [-0.4, -0.2) is 11.4 Å². The summed E-state index contributed by atoms with van der Waals surface area (Å²) in [6, 6.07) is 0. The zero-order valence-electron chi connectivity index (χ0n) is 14.0. The molecular weight excluding hydrogens is 248 g/mol. The van der Waals surface area contributed by atoms with Crippen molar-refractivity contribution in [3.05, 3.63) is 0 Å². The predicted octanol–water partition coefficient (Wildman–Crippen LogP) is 6.74. The van der Waals surface area contributed by atoms with Gasteiger partial charge in [-0.15, -0.1) is 0 Å². The van der Waals surface area contributed by atoms with E-state index in [-0.39, 0.29) is 6.10 Å². The second-order valence-electron chi connectivity index (χ2n) is 6.30. The summed E-state index contributed by atoms with van der Waals surface area (Å²) in [6.45, 7) is 4.20. The van der Waals surface area contributed by atoms with Gasteiger partial charge in [0, 0.05) is 0 Å². The largest absolute Gasteiger partial charge is 0.252 e. The Bertz CT molecular complexity index is 171. The molecule has 2 heteroatoms. The zero-order valence-corrected chi connectivity index (χ0v) is 14.0. The van der Waals surface area contributed by atoms with Crippen molar-refractivity contribution in [2.45, 2.75) is 116 Å². The van der Waals surface area contributed by atoms with E-state index < -0.39 is 0 Å². The Kier molecular flexibility index (Phi) is 16.9. The topological polar surface area (TPSA) is 29.5 Å². The van der Waals surface area contributed by atoms with Gasteiger partial charge in [-0.2, -0.15) is 0 Å². The predicted molar refractivity (Wildman–Crippen MR) is 88.1 cm³/mol. The Morgan fingerprint density at radius 1 is 0.650 bits per heavy atom. The van der Waals surface area contributed by atoms with Gasteiger partial charge in [-0.25, -0.2) is 4.89 Å². The van der Waals surface area contributed by atoms with Crippen LogP contribution < -0.4 is 0 Å². The molecule has 0 radical (unpaired) electrons. The molecule has 2 nitrogen and oxygen atoms in total. The molecule has 0 amide bonds. The first kappa shape index (κ1) is 19.9. The van der Waals surface area contributed by atoms with Crippen molar-refractivity contribution in [3.63, 3.8) is 0 Å². The van der Waals surface area contributed by atoms with Crippen LogP contribution >= 0.6 is 0 Å². The molecule has 0 aliphatic rings. The van der Waals surface area contributed by atoms with E-state index in [0.717, 1.165) is 6.42 Å². The number of unbranched alkanes of at least 4 members (excludes halogenated alkanes) is 13. The van der Waals surface area contributed by atoms with Gasteiger partial charge in [-0.3, -0.25) is 5.26 Å². The quantitative estimate of drug-likeness (QED) is 0.193. The highest BCUT2D eigenvalue weighted by molar-refractivity contribution is 4.51. The van der Waals surface area contributed by atoms with E-state index in [9.17, 15) is 0 Å². The van der Waals surface area contributed by atoms with Crippen molar-refractivity contribution in [2.75, 3.05) is 0 Å². The van der Waals surface area contributed by atoms with Crippen LogP contribution in [0.4, 0.5) is 0 Å². The Morgan fingerprint density at radius 2 is 1.00 bits per heavy atom. The molecule has 122 valence electrons. The molecule has 1 unspecified atom stereocenters. The highest BCUT2D eigenvalue weighted by Gasteiger charge is 2.00. The maximum atomic E-state index is 8.44. The third-order valence-corrected chi connectivity index (χ3v) is 4.14. The summed E-state index contributed by atoms with van der Waals surface area (Å²) in [5.74, 6) is 0. The molecule has 1 atom stereocenters. The summed E-state index contributed by atoms with van der Waals surface area (Å²) in [6.07, 6.45) is 20.4. The van der Waals surface area contributed by atoms with Gasteiger partial charge >= 0.3 is 0 Å². The number of hydrogen-bond acceptors (Lipinski definition) is 2. The molecule has 0 rings (SSSR count). The third kappa shape index (κ3) is 16.0. The second kappa shape index (κ2) is 17.0. The summed E-state index contributed by atoms with van der Waals surface area (Å²) in [4.78, 5) is 4.26. The van der Waals surface area contributed by atoms with Crippen LogP contribution in [0.1, 0.15) is 110 Å². The van der Waals surface area contributed by atoms with Gasteiger partial charge < -0.3 is 0 Å². The lowest BCUT2D eigenvalue weighted by atomic mass is 10.0. The minimum atomic E-state index is 0.00678. The Labute approximate surface area is 127 Å². The van der Waals surface area contributed by atoms with E-state index in [0.29, 0.717) is 0 Å². The van der Waals surface area contributed by atoms with E-state index in [1.54, 1.807) is 0 Å². The van der Waals surface area contributed by atoms with Crippen molar-refractivity contribution in [2.24, 2.45) is 0 Å². The molecule has 0 saturated carbocycles. The van der Waals surface area contributed by atoms with Gasteiger partial charge in [0.2, 0.25) is 0 Å². The fraction of sp³-hybridized carbons (Fsp3) is 1.00. The van der Waals surface area contributed by atoms with Crippen LogP contribution in [0.25, 0.3) is 0 Å². The molecule has 0 aromatic heterocycles. The Morgan fingerprint density at radius 3 is 1.35 bits per heavy atom. The molecular formula is C18H38O2. The average Bonchev–Trinajstić information content (AvgIpc) is 2.47. The SMILES string of the molecule is CCCCCCCCCCCCCCCCC(C)OO. The first-order valence-corrected chi connectivity index (χ1v) is 9.11. The van der Waals surface area contributed by atoms with Crippen LogP contribution in [-0.2, 0) is 4.89 Å². The fourth-order valence-electron chi connectivity index (χ4n) is 2.68. The molecule has 0 heterocycles. The third-order valence-electron chi connectivity index (χ3n) is 4.14. The van der Waals surface area contributed by atoms with Gasteiger partial charge in [0.15, 0.2) is 0 Å². The van der Waals surface area contributed by atoms with Crippen molar-refractivity contribution in [1.82, 2.24) is 0 Å². The standard InChI is InChI=1S/C18H38O2/c1-3-4-5-6-7-8-9-10-11-12-13-14-15-16-17-18(2)20-19/h18-19H,3-17H2,1-2H3. The van der Waals surface area contributed by atoms with Gasteiger partial charge in [0.05, 0.1) is 6.10 Å². The van der Waals surface area contributed by atoms with Crippen LogP contribution in [0.15, 0.2) is 0 Å². The van der Waals surface area contributed by atoms with Crippen molar-refractivity contribution < 1.29 is 10.1 Å². The fourth-order valence-corrected chi connectivity index (χ4v) is 2.68. The van der Waals surface area contributed by atoms with Crippen LogP contribution in [0, 0.1) is 0 Å². The summed E-state index contributed by atoms with van der Waals surface area (Å²) in [5.41, 5.74) is 0. The highest BCUT2D eigenvalue weighted by atomic mass is 17.1. The van der Waals surface area contributed by atoms with Crippen molar-refractivity contribution in [1.29, 1.82) is 0 Å². The molecule has 20 heavy (non-hydrogen) atoms.